The summed E-state index contributed by atoms with van der Waals surface area (Å²) in [5.74, 6) is -0.550. The number of halogens is 3. The lowest BCUT2D eigenvalue weighted by Gasteiger charge is -2.13. The van der Waals surface area contributed by atoms with Crippen LogP contribution in [0.2, 0.25) is 5.02 Å². The molecule has 130 valence electrons. The van der Waals surface area contributed by atoms with E-state index in [4.69, 9.17) is 23.8 Å². The zero-order chi connectivity index (χ0) is 18.2. The molecular weight excluding hydrogens is 370 g/mol. The molecule has 0 aliphatic rings. The summed E-state index contributed by atoms with van der Waals surface area (Å²) in [6.45, 7) is -2.96. The number of para-hydroxylation sites is 2. The first-order chi connectivity index (χ1) is 11.9. The van der Waals surface area contributed by atoms with Gasteiger partial charge in [-0.3, -0.25) is 10.1 Å². The quantitative estimate of drug-likeness (QED) is 0.592. The number of hydrogen-bond acceptors (Lipinski definition) is 3. The standard InChI is InChI=1S/C17H13ClF2N2O2S/c18-12-8-5-11(6-9-12)7-10-15(23)22-17(25)21-13-3-1-2-4-14(13)24-16(19)20/h1-10,16H,(H2,21,22,23,25)/b10-7+. The van der Waals surface area contributed by atoms with E-state index in [1.807, 2.05) is 0 Å². The molecule has 0 heterocycles. The third kappa shape index (κ3) is 6.48. The molecule has 0 fully saturated rings. The summed E-state index contributed by atoms with van der Waals surface area (Å²) in [4.78, 5) is 11.8. The highest BCUT2D eigenvalue weighted by molar-refractivity contribution is 7.80. The summed E-state index contributed by atoms with van der Waals surface area (Å²) in [5.41, 5.74) is 1.00. The van der Waals surface area contributed by atoms with Crippen molar-refractivity contribution in [3.8, 4) is 5.75 Å². The van der Waals surface area contributed by atoms with Crippen LogP contribution >= 0.6 is 23.8 Å². The minimum absolute atomic E-state index is 0.0453. The van der Waals surface area contributed by atoms with Crippen molar-refractivity contribution in [1.82, 2.24) is 5.32 Å². The van der Waals surface area contributed by atoms with E-state index in [-0.39, 0.29) is 16.5 Å². The van der Waals surface area contributed by atoms with E-state index in [0.29, 0.717) is 5.02 Å². The second-order valence-corrected chi connectivity index (χ2v) is 5.55. The predicted molar refractivity (Wildman–Crippen MR) is 97.9 cm³/mol. The Morgan fingerprint density at radius 3 is 2.52 bits per heavy atom. The molecule has 8 heteroatoms. The van der Waals surface area contributed by atoms with Gasteiger partial charge >= 0.3 is 6.61 Å². The van der Waals surface area contributed by atoms with Crippen LogP contribution in [0, 0.1) is 0 Å². The second kappa shape index (κ2) is 9.10. The number of rotatable bonds is 5. The Kier molecular flexibility index (Phi) is 6.85. The minimum Gasteiger partial charge on any atom is -0.433 e. The van der Waals surface area contributed by atoms with Crippen molar-refractivity contribution in [3.63, 3.8) is 0 Å². The van der Waals surface area contributed by atoms with Crippen molar-refractivity contribution in [2.45, 2.75) is 6.61 Å². The van der Waals surface area contributed by atoms with Crippen LogP contribution < -0.4 is 15.4 Å². The highest BCUT2D eigenvalue weighted by Crippen LogP contribution is 2.25. The normalized spacial score (nSPS) is 10.7. The summed E-state index contributed by atoms with van der Waals surface area (Å²) in [7, 11) is 0. The van der Waals surface area contributed by atoms with Gasteiger partial charge < -0.3 is 10.1 Å². The Morgan fingerprint density at radius 1 is 1.16 bits per heavy atom. The van der Waals surface area contributed by atoms with E-state index < -0.39 is 12.5 Å². The van der Waals surface area contributed by atoms with E-state index in [9.17, 15) is 13.6 Å². The van der Waals surface area contributed by atoms with Gasteiger partial charge in [0.25, 0.3) is 0 Å². The molecular formula is C17H13ClF2N2O2S. The lowest BCUT2D eigenvalue weighted by atomic mass is 10.2. The maximum Gasteiger partial charge on any atom is 0.387 e. The summed E-state index contributed by atoms with van der Waals surface area (Å²) in [6, 6.07) is 12.9. The average molecular weight is 383 g/mol. The number of amides is 1. The van der Waals surface area contributed by atoms with E-state index in [0.717, 1.165) is 5.56 Å². The molecule has 0 saturated carbocycles. The highest BCUT2D eigenvalue weighted by Gasteiger charge is 2.10. The molecule has 0 radical (unpaired) electrons. The maximum atomic E-state index is 12.4. The number of thiocarbonyl (C=S) groups is 1. The van der Waals surface area contributed by atoms with Gasteiger partial charge in [-0.1, -0.05) is 35.9 Å². The molecule has 0 aliphatic heterocycles. The maximum absolute atomic E-state index is 12.4. The summed E-state index contributed by atoms with van der Waals surface area (Å²) < 4.78 is 29.1. The average Bonchev–Trinajstić information content (AvgIpc) is 2.55. The Hall–Kier alpha value is -2.51. The molecule has 0 saturated heterocycles. The van der Waals surface area contributed by atoms with Gasteiger partial charge in [-0.05, 0) is 48.1 Å². The van der Waals surface area contributed by atoms with E-state index in [1.54, 1.807) is 42.5 Å². The number of hydrogen-bond donors (Lipinski definition) is 2. The van der Waals surface area contributed by atoms with Gasteiger partial charge in [0.2, 0.25) is 5.91 Å². The summed E-state index contributed by atoms with van der Waals surface area (Å²) in [5, 5.41) is 5.61. The number of benzene rings is 2. The van der Waals surface area contributed by atoms with Crippen LogP contribution in [0.3, 0.4) is 0 Å². The van der Waals surface area contributed by atoms with Crippen molar-refractivity contribution in [2.75, 3.05) is 5.32 Å². The number of alkyl halides is 2. The predicted octanol–water partition coefficient (Wildman–Crippen LogP) is 4.47. The Labute approximate surface area is 153 Å². The van der Waals surface area contributed by atoms with Gasteiger partial charge in [-0.25, -0.2) is 0 Å². The van der Waals surface area contributed by atoms with E-state index in [2.05, 4.69) is 15.4 Å². The van der Waals surface area contributed by atoms with Gasteiger partial charge in [0.05, 0.1) is 5.69 Å². The topological polar surface area (TPSA) is 50.4 Å². The highest BCUT2D eigenvalue weighted by atomic mass is 35.5. The van der Waals surface area contributed by atoms with Gasteiger partial charge in [-0.2, -0.15) is 8.78 Å². The van der Waals surface area contributed by atoms with Crippen LogP contribution in [-0.4, -0.2) is 17.6 Å². The van der Waals surface area contributed by atoms with Crippen molar-refractivity contribution < 1.29 is 18.3 Å². The smallest absolute Gasteiger partial charge is 0.387 e. The van der Waals surface area contributed by atoms with Crippen LogP contribution in [0.4, 0.5) is 14.5 Å². The lowest BCUT2D eigenvalue weighted by molar-refractivity contribution is -0.115. The fourth-order valence-electron chi connectivity index (χ4n) is 1.82. The number of nitrogens with one attached hydrogen (secondary N) is 2. The molecule has 0 spiro atoms. The van der Waals surface area contributed by atoms with Gasteiger partial charge in [-0.15, -0.1) is 0 Å². The van der Waals surface area contributed by atoms with Crippen molar-refractivity contribution in [3.05, 3.63) is 65.2 Å². The fraction of sp³-hybridized carbons (Fsp3) is 0.0588. The van der Waals surface area contributed by atoms with Crippen LogP contribution in [0.15, 0.2) is 54.6 Å². The Balaban J connectivity index is 1.93. The van der Waals surface area contributed by atoms with E-state index >= 15 is 0 Å². The second-order valence-electron chi connectivity index (χ2n) is 4.70. The molecule has 25 heavy (non-hydrogen) atoms. The van der Waals surface area contributed by atoms with Gasteiger partial charge in [0.1, 0.15) is 5.75 Å². The molecule has 2 aromatic carbocycles. The number of ether oxygens (including phenoxy) is 1. The molecule has 0 aliphatic carbocycles. The molecule has 1 amide bonds. The lowest BCUT2D eigenvalue weighted by Crippen LogP contribution is -2.33. The summed E-state index contributed by atoms with van der Waals surface area (Å²) >= 11 is 10.8. The first kappa shape index (κ1) is 18.8. The van der Waals surface area contributed by atoms with Gasteiger partial charge in [0, 0.05) is 11.1 Å². The first-order valence-corrected chi connectivity index (χ1v) is 7.82. The largest absolute Gasteiger partial charge is 0.433 e. The van der Waals surface area contributed by atoms with Gasteiger partial charge in [0.15, 0.2) is 5.11 Å². The van der Waals surface area contributed by atoms with E-state index in [1.165, 1.54) is 18.2 Å². The Bertz CT molecular complexity index is 782. The molecule has 0 aromatic heterocycles. The van der Waals surface area contributed by atoms with Crippen molar-refractivity contribution >= 4 is 46.6 Å². The molecule has 2 rings (SSSR count). The first-order valence-electron chi connectivity index (χ1n) is 7.03. The monoisotopic (exact) mass is 382 g/mol. The SMILES string of the molecule is O=C(/C=C/c1ccc(Cl)cc1)NC(=S)Nc1ccccc1OC(F)F. The molecule has 0 unspecified atom stereocenters. The van der Waals surface area contributed by atoms with Crippen LogP contribution in [0.25, 0.3) is 6.08 Å². The minimum atomic E-state index is -2.96. The zero-order valence-electron chi connectivity index (χ0n) is 12.7. The zero-order valence-corrected chi connectivity index (χ0v) is 14.3. The van der Waals surface area contributed by atoms with Crippen molar-refractivity contribution in [1.29, 1.82) is 0 Å². The number of carbonyl (C=O) groups is 1. The molecule has 4 nitrogen and oxygen atoms in total. The molecule has 2 N–H and O–H groups in total. The van der Waals surface area contributed by atoms with Crippen molar-refractivity contribution in [2.24, 2.45) is 0 Å². The third-order valence-corrected chi connectivity index (χ3v) is 3.34. The molecule has 0 atom stereocenters. The Morgan fingerprint density at radius 2 is 1.84 bits per heavy atom. The number of anilines is 1. The van der Waals surface area contributed by atoms with Crippen LogP contribution in [-0.2, 0) is 4.79 Å². The fourth-order valence-corrected chi connectivity index (χ4v) is 2.16. The van der Waals surface area contributed by atoms with Crippen LogP contribution in [0.1, 0.15) is 5.56 Å². The van der Waals surface area contributed by atoms with Crippen LogP contribution in [0.5, 0.6) is 5.75 Å². The third-order valence-electron chi connectivity index (χ3n) is 2.89. The summed E-state index contributed by atoms with van der Waals surface area (Å²) in [6.07, 6.45) is 2.88. The molecule has 2 aromatic rings. The number of carbonyl (C=O) groups excluding carboxylic acids is 1. The molecule has 0 bridgehead atoms.